The maximum Gasteiger partial charge on any atom is 0.266 e. The second-order valence-corrected chi connectivity index (χ2v) is 6.29. The molecule has 1 aromatic heterocycles. The Kier molecular flexibility index (Phi) is 5.49. The molecule has 1 amide bonds. The Balaban J connectivity index is 1.69. The molecule has 1 N–H and O–H groups in total. The number of amides is 1. The quantitative estimate of drug-likeness (QED) is 0.752. The molecular weight excluding hydrogens is 350 g/mol. The SMILES string of the molecule is Cc1ccccc1C(=O)NCCn1nc(-c2ccc(Cl)cc2)ccc1=O. The number of aryl methyl sites for hydroxylation is 1. The average molecular weight is 368 g/mol. The number of nitrogens with one attached hydrogen (secondary N) is 1. The zero-order valence-corrected chi connectivity index (χ0v) is 15.0. The van der Waals surface area contributed by atoms with Gasteiger partial charge in [-0.3, -0.25) is 9.59 Å². The highest BCUT2D eigenvalue weighted by Gasteiger charge is 2.08. The molecule has 6 heteroatoms. The lowest BCUT2D eigenvalue weighted by atomic mass is 10.1. The van der Waals surface area contributed by atoms with E-state index in [-0.39, 0.29) is 18.0 Å². The van der Waals surface area contributed by atoms with Crippen molar-refractivity contribution in [3.8, 4) is 11.3 Å². The van der Waals surface area contributed by atoms with Crippen LogP contribution < -0.4 is 10.9 Å². The Morgan fingerprint density at radius 2 is 1.81 bits per heavy atom. The van der Waals surface area contributed by atoms with Gasteiger partial charge >= 0.3 is 0 Å². The van der Waals surface area contributed by atoms with Gasteiger partial charge in [0.15, 0.2) is 0 Å². The van der Waals surface area contributed by atoms with E-state index in [1.807, 2.05) is 37.3 Å². The normalized spacial score (nSPS) is 10.5. The first-order chi connectivity index (χ1) is 12.5. The van der Waals surface area contributed by atoms with Crippen molar-refractivity contribution >= 4 is 17.5 Å². The van der Waals surface area contributed by atoms with E-state index in [1.165, 1.54) is 10.7 Å². The van der Waals surface area contributed by atoms with Crippen LogP contribution >= 0.6 is 11.6 Å². The zero-order chi connectivity index (χ0) is 18.5. The molecule has 5 nitrogen and oxygen atoms in total. The summed E-state index contributed by atoms with van der Waals surface area (Å²) in [7, 11) is 0. The number of benzene rings is 2. The average Bonchev–Trinajstić information content (AvgIpc) is 2.64. The van der Waals surface area contributed by atoms with Crippen LogP contribution in [0.2, 0.25) is 5.02 Å². The number of aromatic nitrogens is 2. The van der Waals surface area contributed by atoms with Gasteiger partial charge in [0, 0.05) is 28.8 Å². The summed E-state index contributed by atoms with van der Waals surface area (Å²) in [6.07, 6.45) is 0. The summed E-state index contributed by atoms with van der Waals surface area (Å²) in [4.78, 5) is 24.3. The monoisotopic (exact) mass is 367 g/mol. The van der Waals surface area contributed by atoms with Crippen LogP contribution in [0.25, 0.3) is 11.3 Å². The third-order valence-electron chi connectivity index (χ3n) is 4.01. The number of nitrogens with zero attached hydrogens (tertiary/aromatic N) is 2. The van der Waals surface area contributed by atoms with Crippen molar-refractivity contribution in [2.75, 3.05) is 6.54 Å². The first-order valence-electron chi connectivity index (χ1n) is 8.22. The predicted molar refractivity (Wildman–Crippen MR) is 102 cm³/mol. The fraction of sp³-hybridized carbons (Fsp3) is 0.150. The summed E-state index contributed by atoms with van der Waals surface area (Å²) in [6.45, 7) is 2.48. The molecule has 1 heterocycles. The van der Waals surface area contributed by atoms with Crippen LogP contribution in [0.15, 0.2) is 65.5 Å². The number of carbonyl (C=O) groups is 1. The van der Waals surface area contributed by atoms with Crippen molar-refractivity contribution in [3.05, 3.63) is 87.2 Å². The fourth-order valence-corrected chi connectivity index (χ4v) is 2.71. The predicted octanol–water partition coefficient (Wildman–Crippen LogP) is 3.30. The number of hydrogen-bond acceptors (Lipinski definition) is 3. The zero-order valence-electron chi connectivity index (χ0n) is 14.3. The molecule has 0 saturated heterocycles. The minimum Gasteiger partial charge on any atom is -0.350 e. The van der Waals surface area contributed by atoms with Crippen molar-refractivity contribution in [3.63, 3.8) is 0 Å². The van der Waals surface area contributed by atoms with Crippen LogP contribution in [0.1, 0.15) is 15.9 Å². The lowest BCUT2D eigenvalue weighted by Crippen LogP contribution is -2.32. The molecule has 0 aliphatic rings. The number of hydrogen-bond donors (Lipinski definition) is 1. The molecule has 0 aliphatic heterocycles. The van der Waals surface area contributed by atoms with Gasteiger partial charge < -0.3 is 5.32 Å². The molecule has 3 aromatic rings. The first kappa shape index (κ1) is 17.9. The summed E-state index contributed by atoms with van der Waals surface area (Å²) in [5, 5.41) is 7.84. The highest BCUT2D eigenvalue weighted by Crippen LogP contribution is 2.18. The van der Waals surface area contributed by atoms with Crippen LogP contribution in [0, 0.1) is 6.92 Å². The summed E-state index contributed by atoms with van der Waals surface area (Å²) in [6, 6.07) is 17.8. The Morgan fingerprint density at radius 3 is 2.54 bits per heavy atom. The molecule has 0 radical (unpaired) electrons. The van der Waals surface area contributed by atoms with Gasteiger partial charge in [0.25, 0.3) is 11.5 Å². The third-order valence-corrected chi connectivity index (χ3v) is 4.26. The Labute approximate surface area is 156 Å². The maximum atomic E-state index is 12.2. The molecular formula is C20H18ClN3O2. The second kappa shape index (κ2) is 7.97. The van der Waals surface area contributed by atoms with E-state index < -0.39 is 0 Å². The summed E-state index contributed by atoms with van der Waals surface area (Å²) in [5.74, 6) is -0.162. The van der Waals surface area contributed by atoms with E-state index in [0.29, 0.717) is 22.8 Å². The minimum atomic E-state index is -0.215. The van der Waals surface area contributed by atoms with Gasteiger partial charge in [-0.25, -0.2) is 4.68 Å². The van der Waals surface area contributed by atoms with E-state index in [9.17, 15) is 9.59 Å². The van der Waals surface area contributed by atoms with Crippen molar-refractivity contribution < 1.29 is 4.79 Å². The molecule has 0 saturated carbocycles. The number of halogens is 1. The molecule has 0 aliphatic carbocycles. The standard InChI is InChI=1S/C20H18ClN3O2/c1-14-4-2-3-5-17(14)20(26)22-12-13-24-19(25)11-10-18(23-24)15-6-8-16(21)9-7-15/h2-11H,12-13H2,1H3,(H,22,26). The van der Waals surface area contributed by atoms with Crippen molar-refractivity contribution in [2.45, 2.75) is 13.5 Å². The van der Waals surface area contributed by atoms with E-state index in [0.717, 1.165) is 11.1 Å². The van der Waals surface area contributed by atoms with Crippen LogP contribution in [-0.2, 0) is 6.54 Å². The molecule has 0 unspecified atom stereocenters. The van der Waals surface area contributed by atoms with E-state index in [1.54, 1.807) is 24.3 Å². The molecule has 0 atom stereocenters. The van der Waals surface area contributed by atoms with Crippen molar-refractivity contribution in [1.29, 1.82) is 0 Å². The summed E-state index contributed by atoms with van der Waals surface area (Å²) < 4.78 is 1.35. The second-order valence-electron chi connectivity index (χ2n) is 5.86. The number of carbonyl (C=O) groups excluding carboxylic acids is 1. The summed E-state index contributed by atoms with van der Waals surface area (Å²) in [5.41, 5.74) is 2.86. The van der Waals surface area contributed by atoms with Gasteiger partial charge in [0.1, 0.15) is 0 Å². The van der Waals surface area contributed by atoms with Gasteiger partial charge in [-0.15, -0.1) is 0 Å². The van der Waals surface area contributed by atoms with Crippen molar-refractivity contribution in [1.82, 2.24) is 15.1 Å². The van der Waals surface area contributed by atoms with Gasteiger partial charge in [-0.05, 0) is 36.8 Å². The smallest absolute Gasteiger partial charge is 0.266 e. The van der Waals surface area contributed by atoms with Gasteiger partial charge in [0.2, 0.25) is 0 Å². The molecule has 132 valence electrons. The molecule has 2 aromatic carbocycles. The topological polar surface area (TPSA) is 64.0 Å². The lowest BCUT2D eigenvalue weighted by Gasteiger charge is -2.09. The van der Waals surface area contributed by atoms with Crippen LogP contribution in [-0.4, -0.2) is 22.2 Å². The molecule has 26 heavy (non-hydrogen) atoms. The van der Waals surface area contributed by atoms with Gasteiger partial charge in [-0.1, -0.05) is 41.9 Å². The van der Waals surface area contributed by atoms with E-state index >= 15 is 0 Å². The van der Waals surface area contributed by atoms with Crippen LogP contribution in [0.5, 0.6) is 0 Å². The number of rotatable bonds is 5. The van der Waals surface area contributed by atoms with E-state index in [2.05, 4.69) is 10.4 Å². The summed E-state index contributed by atoms with van der Waals surface area (Å²) >= 11 is 5.90. The Hall–Kier alpha value is -2.92. The van der Waals surface area contributed by atoms with Crippen LogP contribution in [0.3, 0.4) is 0 Å². The Morgan fingerprint density at radius 1 is 1.08 bits per heavy atom. The maximum absolute atomic E-state index is 12.2. The lowest BCUT2D eigenvalue weighted by molar-refractivity contribution is 0.0951. The molecule has 3 rings (SSSR count). The highest BCUT2D eigenvalue weighted by atomic mass is 35.5. The molecule has 0 bridgehead atoms. The van der Waals surface area contributed by atoms with Crippen molar-refractivity contribution in [2.24, 2.45) is 0 Å². The van der Waals surface area contributed by atoms with Gasteiger partial charge in [-0.2, -0.15) is 5.10 Å². The fourth-order valence-electron chi connectivity index (χ4n) is 2.58. The first-order valence-corrected chi connectivity index (χ1v) is 8.60. The minimum absolute atomic E-state index is 0.162. The van der Waals surface area contributed by atoms with E-state index in [4.69, 9.17) is 11.6 Å². The van der Waals surface area contributed by atoms with Crippen LogP contribution in [0.4, 0.5) is 0 Å². The highest BCUT2D eigenvalue weighted by molar-refractivity contribution is 6.30. The third kappa shape index (κ3) is 4.18. The Bertz CT molecular complexity index is 981. The molecule has 0 spiro atoms. The van der Waals surface area contributed by atoms with Gasteiger partial charge in [0.05, 0.1) is 12.2 Å². The largest absolute Gasteiger partial charge is 0.350 e. The molecule has 0 fully saturated rings.